The number of aliphatic hydroxyl groups is 1. The monoisotopic (exact) mass is 242 g/mol. The number of nitrogens with zero attached hydrogens (tertiary/aromatic N) is 2. The second-order valence-corrected chi connectivity index (χ2v) is 4.48. The molecule has 2 rings (SSSR count). The molecule has 0 fully saturated rings. The molecular formula is C15H18N2O. The van der Waals surface area contributed by atoms with Gasteiger partial charge in [0.1, 0.15) is 5.82 Å². The number of anilines is 1. The summed E-state index contributed by atoms with van der Waals surface area (Å²) in [5.41, 5.74) is 3.19. The van der Waals surface area contributed by atoms with Gasteiger partial charge in [0.25, 0.3) is 0 Å². The van der Waals surface area contributed by atoms with Crippen molar-refractivity contribution in [2.45, 2.75) is 20.1 Å². The summed E-state index contributed by atoms with van der Waals surface area (Å²) in [6.07, 6.45) is 1.73. The number of hydrogen-bond donors (Lipinski definition) is 1. The van der Waals surface area contributed by atoms with E-state index in [0.29, 0.717) is 0 Å². The van der Waals surface area contributed by atoms with E-state index in [1.807, 2.05) is 38.2 Å². The van der Waals surface area contributed by atoms with Crippen LogP contribution in [0.4, 0.5) is 5.82 Å². The molecule has 0 saturated carbocycles. The van der Waals surface area contributed by atoms with Crippen LogP contribution in [0.1, 0.15) is 16.7 Å². The Hall–Kier alpha value is -1.87. The fourth-order valence-corrected chi connectivity index (χ4v) is 2.04. The first kappa shape index (κ1) is 12.6. The summed E-state index contributed by atoms with van der Waals surface area (Å²) in [7, 11) is 2.03. The van der Waals surface area contributed by atoms with E-state index in [0.717, 1.165) is 23.5 Å². The van der Waals surface area contributed by atoms with Crippen molar-refractivity contribution in [3.05, 3.63) is 59.3 Å². The minimum absolute atomic E-state index is 0.0382. The molecular weight excluding hydrogens is 224 g/mol. The fraction of sp³-hybridized carbons (Fsp3) is 0.267. The van der Waals surface area contributed by atoms with Crippen molar-refractivity contribution in [1.29, 1.82) is 0 Å². The highest BCUT2D eigenvalue weighted by atomic mass is 16.3. The van der Waals surface area contributed by atoms with E-state index >= 15 is 0 Å². The van der Waals surface area contributed by atoms with Crippen LogP contribution in [0, 0.1) is 6.92 Å². The van der Waals surface area contributed by atoms with E-state index in [1.165, 1.54) is 5.56 Å². The Bertz CT molecular complexity index is 511. The summed E-state index contributed by atoms with van der Waals surface area (Å²) in [6.45, 7) is 2.88. The smallest absolute Gasteiger partial charge is 0.131 e. The molecule has 0 radical (unpaired) electrons. The van der Waals surface area contributed by atoms with Gasteiger partial charge in [-0.1, -0.05) is 30.3 Å². The molecule has 0 aliphatic carbocycles. The molecule has 0 atom stereocenters. The molecule has 0 saturated heterocycles. The SMILES string of the molecule is Cc1cc(CO)cnc1N(C)Cc1ccccc1. The minimum atomic E-state index is 0.0382. The third kappa shape index (κ3) is 2.87. The van der Waals surface area contributed by atoms with Crippen LogP contribution in [0.3, 0.4) is 0 Å². The highest BCUT2D eigenvalue weighted by Gasteiger charge is 2.07. The Morgan fingerprint density at radius 2 is 1.89 bits per heavy atom. The highest BCUT2D eigenvalue weighted by Crippen LogP contribution is 2.18. The van der Waals surface area contributed by atoms with Gasteiger partial charge in [-0.2, -0.15) is 0 Å². The van der Waals surface area contributed by atoms with E-state index in [-0.39, 0.29) is 6.61 Å². The van der Waals surface area contributed by atoms with Crippen molar-refractivity contribution in [3.63, 3.8) is 0 Å². The lowest BCUT2D eigenvalue weighted by molar-refractivity contribution is 0.281. The zero-order chi connectivity index (χ0) is 13.0. The number of rotatable bonds is 4. The lowest BCUT2D eigenvalue weighted by Crippen LogP contribution is -2.18. The van der Waals surface area contributed by atoms with E-state index in [2.05, 4.69) is 22.0 Å². The summed E-state index contributed by atoms with van der Waals surface area (Å²) >= 11 is 0. The normalized spacial score (nSPS) is 10.4. The Morgan fingerprint density at radius 3 is 2.50 bits per heavy atom. The van der Waals surface area contributed by atoms with Gasteiger partial charge < -0.3 is 10.0 Å². The molecule has 0 unspecified atom stereocenters. The molecule has 1 aromatic carbocycles. The number of aryl methyl sites for hydroxylation is 1. The van der Waals surface area contributed by atoms with Crippen LogP contribution >= 0.6 is 0 Å². The summed E-state index contributed by atoms with van der Waals surface area (Å²) < 4.78 is 0. The van der Waals surface area contributed by atoms with Gasteiger partial charge in [0.05, 0.1) is 6.61 Å². The number of aliphatic hydroxyl groups excluding tert-OH is 1. The maximum Gasteiger partial charge on any atom is 0.131 e. The number of hydrogen-bond acceptors (Lipinski definition) is 3. The molecule has 0 aliphatic rings. The molecule has 18 heavy (non-hydrogen) atoms. The maximum atomic E-state index is 9.07. The lowest BCUT2D eigenvalue weighted by Gasteiger charge is -2.20. The first-order valence-electron chi connectivity index (χ1n) is 6.02. The van der Waals surface area contributed by atoms with Gasteiger partial charge in [-0.15, -0.1) is 0 Å². The molecule has 0 aliphatic heterocycles. The van der Waals surface area contributed by atoms with Crippen LogP contribution in [-0.4, -0.2) is 17.1 Å². The number of benzene rings is 1. The fourth-order valence-electron chi connectivity index (χ4n) is 2.04. The topological polar surface area (TPSA) is 36.4 Å². The Labute approximate surface area is 108 Å². The number of pyridine rings is 1. The van der Waals surface area contributed by atoms with Gasteiger partial charge in [0.15, 0.2) is 0 Å². The van der Waals surface area contributed by atoms with Crippen molar-refractivity contribution in [3.8, 4) is 0 Å². The summed E-state index contributed by atoms with van der Waals surface area (Å²) in [5, 5.41) is 9.07. The average molecular weight is 242 g/mol. The van der Waals surface area contributed by atoms with Crippen molar-refractivity contribution >= 4 is 5.82 Å². The quantitative estimate of drug-likeness (QED) is 0.895. The van der Waals surface area contributed by atoms with E-state index in [9.17, 15) is 0 Å². The van der Waals surface area contributed by atoms with Crippen LogP contribution in [0.5, 0.6) is 0 Å². The van der Waals surface area contributed by atoms with E-state index in [4.69, 9.17) is 5.11 Å². The van der Waals surface area contributed by atoms with E-state index < -0.39 is 0 Å². The second-order valence-electron chi connectivity index (χ2n) is 4.48. The van der Waals surface area contributed by atoms with Crippen molar-refractivity contribution in [1.82, 2.24) is 4.98 Å². The third-order valence-electron chi connectivity index (χ3n) is 2.91. The number of aromatic nitrogens is 1. The third-order valence-corrected chi connectivity index (χ3v) is 2.91. The first-order valence-corrected chi connectivity index (χ1v) is 6.02. The molecule has 2 aromatic rings. The molecule has 0 amide bonds. The minimum Gasteiger partial charge on any atom is -0.392 e. The average Bonchev–Trinajstić information content (AvgIpc) is 2.39. The first-order chi connectivity index (χ1) is 8.70. The van der Waals surface area contributed by atoms with Crippen LogP contribution in [0.2, 0.25) is 0 Å². The molecule has 1 N–H and O–H groups in total. The van der Waals surface area contributed by atoms with Gasteiger partial charge in [0, 0.05) is 19.8 Å². The summed E-state index contributed by atoms with van der Waals surface area (Å²) in [4.78, 5) is 6.53. The molecule has 3 nitrogen and oxygen atoms in total. The van der Waals surface area contributed by atoms with Crippen molar-refractivity contribution in [2.24, 2.45) is 0 Å². The molecule has 0 spiro atoms. The van der Waals surface area contributed by atoms with Crippen LogP contribution in [0.15, 0.2) is 42.6 Å². The maximum absolute atomic E-state index is 9.07. The zero-order valence-electron chi connectivity index (χ0n) is 10.8. The van der Waals surface area contributed by atoms with Crippen molar-refractivity contribution < 1.29 is 5.11 Å². The van der Waals surface area contributed by atoms with Gasteiger partial charge >= 0.3 is 0 Å². The Kier molecular flexibility index (Phi) is 3.95. The zero-order valence-corrected chi connectivity index (χ0v) is 10.8. The largest absolute Gasteiger partial charge is 0.392 e. The van der Waals surface area contributed by atoms with Gasteiger partial charge in [0.2, 0.25) is 0 Å². The molecule has 3 heteroatoms. The van der Waals surface area contributed by atoms with Crippen LogP contribution in [0.25, 0.3) is 0 Å². The van der Waals surface area contributed by atoms with Crippen LogP contribution < -0.4 is 4.90 Å². The molecule has 0 bridgehead atoms. The molecule has 1 aromatic heterocycles. The second kappa shape index (κ2) is 5.65. The van der Waals surface area contributed by atoms with E-state index in [1.54, 1.807) is 6.20 Å². The Balaban J connectivity index is 2.16. The predicted octanol–water partition coefficient (Wildman–Crippen LogP) is 2.52. The standard InChI is InChI=1S/C15H18N2O/c1-12-8-14(11-18)9-16-15(12)17(2)10-13-6-4-3-5-7-13/h3-9,18H,10-11H2,1-2H3. The van der Waals surface area contributed by atoms with Gasteiger partial charge in [-0.05, 0) is 29.7 Å². The van der Waals surface area contributed by atoms with Crippen molar-refractivity contribution in [2.75, 3.05) is 11.9 Å². The van der Waals surface area contributed by atoms with Gasteiger partial charge in [-0.25, -0.2) is 4.98 Å². The summed E-state index contributed by atoms with van der Waals surface area (Å²) in [5.74, 6) is 0.955. The highest BCUT2D eigenvalue weighted by molar-refractivity contribution is 5.47. The van der Waals surface area contributed by atoms with Gasteiger partial charge in [-0.3, -0.25) is 0 Å². The Morgan fingerprint density at radius 1 is 1.17 bits per heavy atom. The summed E-state index contributed by atoms with van der Waals surface area (Å²) in [6, 6.07) is 12.3. The molecule has 94 valence electrons. The van der Waals surface area contributed by atoms with Crippen LogP contribution in [-0.2, 0) is 13.2 Å². The molecule has 1 heterocycles. The lowest BCUT2D eigenvalue weighted by atomic mass is 10.2. The predicted molar refractivity (Wildman–Crippen MR) is 73.4 cm³/mol.